The summed E-state index contributed by atoms with van der Waals surface area (Å²) in [6.45, 7) is 5.04. The molecule has 0 spiro atoms. The normalized spacial score (nSPS) is 14.1. The number of carbonyl (C=O) groups is 1. The molecule has 0 radical (unpaired) electrons. The van der Waals surface area contributed by atoms with E-state index in [1.807, 2.05) is 36.4 Å². The fraction of sp³-hybridized carbons (Fsp3) is 0.290. The van der Waals surface area contributed by atoms with Crippen molar-refractivity contribution in [3.05, 3.63) is 84.1 Å². The maximum atomic E-state index is 12.6. The second-order valence-corrected chi connectivity index (χ2v) is 9.74. The Bertz CT molecular complexity index is 1430. The van der Waals surface area contributed by atoms with Crippen LogP contribution in [0.3, 0.4) is 0 Å². The van der Waals surface area contributed by atoms with Gasteiger partial charge in [-0.3, -0.25) is 9.88 Å². The summed E-state index contributed by atoms with van der Waals surface area (Å²) in [5.41, 5.74) is 4.12. The van der Waals surface area contributed by atoms with E-state index in [0.717, 1.165) is 43.4 Å². The topological polar surface area (TPSA) is 85.0 Å². The molecule has 2 amide bonds. The second kappa shape index (κ2) is 12.0. The lowest BCUT2D eigenvalue weighted by Gasteiger charge is -2.32. The quantitative estimate of drug-likeness (QED) is 0.287. The Morgan fingerprint density at radius 1 is 0.949 bits per heavy atom. The molecule has 0 bridgehead atoms. The molecule has 1 aliphatic rings. The van der Waals surface area contributed by atoms with E-state index in [0.29, 0.717) is 28.7 Å². The number of likely N-dealkylation sites (tertiary alicyclic amines) is 1. The number of pyridine rings is 1. The number of aromatic nitrogens is 1. The van der Waals surface area contributed by atoms with Gasteiger partial charge < -0.3 is 24.8 Å². The first kappa shape index (κ1) is 26.3. The number of hydrogen-bond donors (Lipinski definition) is 2. The monoisotopic (exact) mass is 526 g/mol. The molecule has 1 aliphatic heterocycles. The number of ether oxygens (including phenoxy) is 3. The van der Waals surface area contributed by atoms with Gasteiger partial charge in [-0.2, -0.15) is 0 Å². The highest BCUT2D eigenvalue weighted by molar-refractivity contribution is 5.90. The van der Waals surface area contributed by atoms with E-state index in [1.54, 1.807) is 26.5 Å². The molecule has 8 nitrogen and oxygen atoms in total. The number of piperidine rings is 1. The number of urea groups is 1. The van der Waals surface area contributed by atoms with E-state index < -0.39 is 0 Å². The number of fused-ring (bicyclic) bond motifs is 1. The van der Waals surface area contributed by atoms with Crippen LogP contribution in [0.4, 0.5) is 10.5 Å². The number of rotatable bonds is 8. The predicted molar refractivity (Wildman–Crippen MR) is 153 cm³/mol. The lowest BCUT2D eigenvalue weighted by atomic mass is 10.0. The number of nitrogens with zero attached hydrogens (tertiary/aromatic N) is 2. The Balaban J connectivity index is 1.14. The first-order valence-corrected chi connectivity index (χ1v) is 13.2. The van der Waals surface area contributed by atoms with Crippen molar-refractivity contribution < 1.29 is 19.0 Å². The number of carbonyl (C=O) groups excluding carboxylic acids is 1. The molecule has 4 aromatic rings. The van der Waals surface area contributed by atoms with Crippen LogP contribution in [0, 0.1) is 6.92 Å². The van der Waals surface area contributed by atoms with Gasteiger partial charge in [-0.25, -0.2) is 4.79 Å². The zero-order valence-corrected chi connectivity index (χ0v) is 22.6. The average molecular weight is 527 g/mol. The van der Waals surface area contributed by atoms with Crippen molar-refractivity contribution in [1.82, 2.24) is 15.2 Å². The van der Waals surface area contributed by atoms with E-state index in [1.165, 1.54) is 11.1 Å². The van der Waals surface area contributed by atoms with Crippen molar-refractivity contribution in [2.24, 2.45) is 0 Å². The van der Waals surface area contributed by atoms with Crippen LogP contribution >= 0.6 is 0 Å². The molecule has 0 saturated carbocycles. The van der Waals surface area contributed by atoms with Crippen LogP contribution in [-0.2, 0) is 6.54 Å². The lowest BCUT2D eigenvalue weighted by Crippen LogP contribution is -2.45. The minimum Gasteiger partial charge on any atom is -0.493 e. The molecule has 2 N–H and O–H groups in total. The molecule has 3 aromatic carbocycles. The van der Waals surface area contributed by atoms with Gasteiger partial charge in [0.25, 0.3) is 0 Å². The van der Waals surface area contributed by atoms with E-state index in [9.17, 15) is 4.79 Å². The van der Waals surface area contributed by atoms with Crippen molar-refractivity contribution in [3.8, 4) is 23.0 Å². The summed E-state index contributed by atoms with van der Waals surface area (Å²) in [6, 6.07) is 21.3. The molecule has 8 heteroatoms. The van der Waals surface area contributed by atoms with Gasteiger partial charge in [0.05, 0.1) is 19.7 Å². The van der Waals surface area contributed by atoms with Gasteiger partial charge in [0.1, 0.15) is 11.5 Å². The molecular weight excluding hydrogens is 492 g/mol. The van der Waals surface area contributed by atoms with Crippen LogP contribution in [0.1, 0.15) is 24.0 Å². The smallest absolute Gasteiger partial charge is 0.319 e. The average Bonchev–Trinajstić information content (AvgIpc) is 2.95. The third-order valence-corrected chi connectivity index (χ3v) is 7.12. The largest absolute Gasteiger partial charge is 0.493 e. The van der Waals surface area contributed by atoms with Crippen molar-refractivity contribution in [1.29, 1.82) is 0 Å². The Morgan fingerprint density at radius 3 is 2.38 bits per heavy atom. The number of methoxy groups -OCH3 is 2. The molecule has 0 unspecified atom stereocenters. The number of amides is 2. The van der Waals surface area contributed by atoms with Crippen molar-refractivity contribution >= 4 is 22.6 Å². The van der Waals surface area contributed by atoms with Gasteiger partial charge in [0, 0.05) is 49.0 Å². The van der Waals surface area contributed by atoms with Gasteiger partial charge in [-0.1, -0.05) is 24.3 Å². The van der Waals surface area contributed by atoms with Crippen LogP contribution in [0.25, 0.3) is 10.9 Å². The minimum absolute atomic E-state index is 0.163. The highest BCUT2D eigenvalue weighted by atomic mass is 16.5. The zero-order valence-electron chi connectivity index (χ0n) is 22.6. The summed E-state index contributed by atoms with van der Waals surface area (Å²) >= 11 is 0. The third-order valence-electron chi connectivity index (χ3n) is 7.12. The van der Waals surface area contributed by atoms with E-state index in [4.69, 9.17) is 14.2 Å². The Kier molecular flexibility index (Phi) is 8.13. The molecule has 39 heavy (non-hydrogen) atoms. The second-order valence-electron chi connectivity index (χ2n) is 9.74. The highest BCUT2D eigenvalue weighted by Gasteiger charge is 2.21. The summed E-state index contributed by atoms with van der Waals surface area (Å²) in [6.07, 6.45) is 3.56. The number of benzene rings is 3. The van der Waals surface area contributed by atoms with Gasteiger partial charge in [0.15, 0.2) is 11.5 Å². The Hall–Kier alpha value is -4.30. The standard InChI is InChI=1S/C31H34N4O4/c1-21-6-4-5-7-22(21)20-35-16-13-24(14-17-35)34-31(36)33-23-8-10-25(11-9-23)39-28-12-15-32-27-19-30(38-3)29(37-2)18-26(27)28/h4-12,15,18-19,24H,13-14,16-17,20H2,1-3H3,(H2,33,34,36). The maximum Gasteiger partial charge on any atom is 0.319 e. The van der Waals surface area contributed by atoms with Crippen molar-refractivity contribution in [2.45, 2.75) is 32.4 Å². The van der Waals surface area contributed by atoms with E-state index in [-0.39, 0.29) is 12.1 Å². The lowest BCUT2D eigenvalue weighted by molar-refractivity contribution is 0.189. The van der Waals surface area contributed by atoms with Crippen molar-refractivity contribution in [3.63, 3.8) is 0 Å². The van der Waals surface area contributed by atoms with Gasteiger partial charge >= 0.3 is 6.03 Å². The molecule has 0 aliphatic carbocycles. The van der Waals surface area contributed by atoms with Gasteiger partial charge in [0.2, 0.25) is 0 Å². The molecule has 1 aromatic heterocycles. The first-order valence-electron chi connectivity index (χ1n) is 13.2. The van der Waals surface area contributed by atoms with Gasteiger partial charge in [-0.05, 0) is 67.3 Å². The maximum absolute atomic E-state index is 12.6. The number of aryl methyl sites for hydroxylation is 1. The first-order chi connectivity index (χ1) is 19.0. The fourth-order valence-corrected chi connectivity index (χ4v) is 4.89. The molecule has 2 heterocycles. The molecule has 1 fully saturated rings. The van der Waals surface area contributed by atoms with Crippen LogP contribution in [-0.4, -0.2) is 49.3 Å². The zero-order chi connectivity index (χ0) is 27.2. The summed E-state index contributed by atoms with van der Waals surface area (Å²) in [4.78, 5) is 19.5. The summed E-state index contributed by atoms with van der Waals surface area (Å²) < 4.78 is 16.9. The van der Waals surface area contributed by atoms with E-state index in [2.05, 4.69) is 51.7 Å². The SMILES string of the molecule is COc1cc2nccc(Oc3ccc(NC(=O)NC4CCN(Cc5ccccc5C)CC4)cc3)c2cc1OC. The number of hydrogen-bond acceptors (Lipinski definition) is 6. The number of nitrogens with one attached hydrogen (secondary N) is 2. The number of anilines is 1. The minimum atomic E-state index is -0.192. The summed E-state index contributed by atoms with van der Waals surface area (Å²) in [5.74, 6) is 2.50. The third kappa shape index (κ3) is 6.41. The molecule has 202 valence electrons. The Labute approximate surface area is 228 Å². The Morgan fingerprint density at radius 2 is 1.67 bits per heavy atom. The molecule has 5 rings (SSSR count). The van der Waals surface area contributed by atoms with Gasteiger partial charge in [-0.15, -0.1) is 0 Å². The molecular formula is C31H34N4O4. The van der Waals surface area contributed by atoms with Crippen LogP contribution < -0.4 is 24.8 Å². The van der Waals surface area contributed by atoms with E-state index >= 15 is 0 Å². The van der Waals surface area contributed by atoms with Crippen molar-refractivity contribution in [2.75, 3.05) is 32.6 Å². The van der Waals surface area contributed by atoms with Crippen LogP contribution in [0.2, 0.25) is 0 Å². The van der Waals surface area contributed by atoms with Crippen LogP contribution in [0.15, 0.2) is 72.9 Å². The fourth-order valence-electron chi connectivity index (χ4n) is 4.89. The summed E-state index contributed by atoms with van der Waals surface area (Å²) in [7, 11) is 3.19. The summed E-state index contributed by atoms with van der Waals surface area (Å²) in [5, 5.41) is 6.86. The predicted octanol–water partition coefficient (Wildman–Crippen LogP) is 6.14. The van der Waals surface area contributed by atoms with Crippen LogP contribution in [0.5, 0.6) is 23.0 Å². The molecule has 0 atom stereocenters. The highest BCUT2D eigenvalue weighted by Crippen LogP contribution is 2.37. The molecule has 1 saturated heterocycles.